The van der Waals surface area contributed by atoms with Crippen LogP contribution in [0.15, 0.2) is 24.3 Å². The molecule has 102 valence electrons. The van der Waals surface area contributed by atoms with E-state index < -0.39 is 0 Å². The fraction of sp³-hybridized carbons (Fsp3) is 0.500. The van der Waals surface area contributed by atoms with Crippen molar-refractivity contribution in [2.24, 2.45) is 0 Å². The smallest absolute Gasteiger partial charge is 0.104 e. The molecule has 0 aliphatic carbocycles. The van der Waals surface area contributed by atoms with Gasteiger partial charge >= 0.3 is 0 Å². The van der Waals surface area contributed by atoms with E-state index >= 15 is 0 Å². The normalized spacial score (nSPS) is 22.3. The first-order valence-corrected chi connectivity index (χ1v) is 6.71. The summed E-state index contributed by atoms with van der Waals surface area (Å²) in [5.74, 6) is 5.56. The molecule has 1 saturated heterocycles. The Hall–Kier alpha value is -1.34. The third-order valence-corrected chi connectivity index (χ3v) is 3.60. The fourth-order valence-electron chi connectivity index (χ4n) is 2.54. The summed E-state index contributed by atoms with van der Waals surface area (Å²) < 4.78 is 5.60. The Balaban J connectivity index is 1.95. The van der Waals surface area contributed by atoms with Gasteiger partial charge in [0.15, 0.2) is 0 Å². The molecule has 0 spiro atoms. The van der Waals surface area contributed by atoms with Gasteiger partial charge in [-0.3, -0.25) is 4.90 Å². The molecule has 1 aliphatic rings. The van der Waals surface area contributed by atoms with Gasteiger partial charge in [0, 0.05) is 24.8 Å². The van der Waals surface area contributed by atoms with Crippen LogP contribution in [0.4, 0.5) is 0 Å². The average molecular weight is 259 g/mol. The van der Waals surface area contributed by atoms with E-state index in [9.17, 15) is 0 Å². The van der Waals surface area contributed by atoms with E-state index in [4.69, 9.17) is 9.84 Å². The van der Waals surface area contributed by atoms with E-state index in [1.165, 1.54) is 5.56 Å². The lowest BCUT2D eigenvalue weighted by Gasteiger charge is -2.26. The Bertz CT molecular complexity index is 458. The van der Waals surface area contributed by atoms with Crippen LogP contribution in [0.3, 0.4) is 0 Å². The van der Waals surface area contributed by atoms with Gasteiger partial charge in [-0.05, 0) is 38.1 Å². The molecule has 0 bridgehead atoms. The van der Waals surface area contributed by atoms with Gasteiger partial charge in [-0.2, -0.15) is 0 Å². The van der Waals surface area contributed by atoms with Crippen LogP contribution in [-0.4, -0.2) is 42.4 Å². The van der Waals surface area contributed by atoms with Crippen molar-refractivity contribution in [1.29, 1.82) is 0 Å². The predicted molar refractivity (Wildman–Crippen MR) is 75.7 cm³/mol. The highest BCUT2D eigenvalue weighted by Crippen LogP contribution is 2.20. The van der Waals surface area contributed by atoms with Crippen LogP contribution in [0.2, 0.25) is 0 Å². The highest BCUT2D eigenvalue weighted by atomic mass is 16.5. The van der Waals surface area contributed by atoms with Crippen LogP contribution >= 0.6 is 0 Å². The van der Waals surface area contributed by atoms with Crippen molar-refractivity contribution in [3.8, 4) is 11.8 Å². The van der Waals surface area contributed by atoms with Crippen molar-refractivity contribution in [2.45, 2.75) is 32.0 Å². The van der Waals surface area contributed by atoms with E-state index in [-0.39, 0.29) is 6.61 Å². The monoisotopic (exact) mass is 259 g/mol. The standard InChI is InChI=1S/C16H21NO2/c1-13-16(9-11-19-13)17(2)12-15-7-5-14(6-8-15)4-3-10-18/h5-8,13,16,18H,9-12H2,1-2H3. The molecular weight excluding hydrogens is 238 g/mol. The zero-order chi connectivity index (χ0) is 13.7. The highest BCUT2D eigenvalue weighted by Gasteiger charge is 2.27. The van der Waals surface area contributed by atoms with Crippen molar-refractivity contribution in [1.82, 2.24) is 4.90 Å². The number of hydrogen-bond donors (Lipinski definition) is 1. The largest absolute Gasteiger partial charge is 0.384 e. The lowest BCUT2D eigenvalue weighted by atomic mass is 10.1. The topological polar surface area (TPSA) is 32.7 Å². The third kappa shape index (κ3) is 3.81. The van der Waals surface area contributed by atoms with Gasteiger partial charge in [0.2, 0.25) is 0 Å². The summed E-state index contributed by atoms with van der Waals surface area (Å²) in [5.41, 5.74) is 2.22. The van der Waals surface area contributed by atoms with Gasteiger partial charge in [0.05, 0.1) is 6.10 Å². The van der Waals surface area contributed by atoms with Gasteiger partial charge in [0.1, 0.15) is 6.61 Å². The summed E-state index contributed by atoms with van der Waals surface area (Å²) >= 11 is 0. The van der Waals surface area contributed by atoms with Crippen molar-refractivity contribution >= 4 is 0 Å². The number of hydrogen-bond acceptors (Lipinski definition) is 3. The first kappa shape index (κ1) is 14.1. The van der Waals surface area contributed by atoms with Crippen LogP contribution in [0.5, 0.6) is 0 Å². The molecule has 1 aromatic carbocycles. The molecule has 1 aromatic rings. The van der Waals surface area contributed by atoms with E-state index in [0.29, 0.717) is 12.1 Å². The summed E-state index contributed by atoms with van der Waals surface area (Å²) in [4.78, 5) is 2.35. The molecule has 1 fully saturated rings. The van der Waals surface area contributed by atoms with Gasteiger partial charge in [-0.25, -0.2) is 0 Å². The molecule has 1 aliphatic heterocycles. The van der Waals surface area contributed by atoms with Crippen LogP contribution in [-0.2, 0) is 11.3 Å². The number of rotatable bonds is 3. The van der Waals surface area contributed by atoms with Crippen LogP contribution in [0, 0.1) is 11.8 Å². The molecule has 0 amide bonds. The van der Waals surface area contributed by atoms with Gasteiger partial charge in [0.25, 0.3) is 0 Å². The molecule has 1 N–H and O–H groups in total. The Morgan fingerprint density at radius 2 is 2.11 bits per heavy atom. The first-order chi connectivity index (χ1) is 9.20. The Morgan fingerprint density at radius 1 is 1.37 bits per heavy atom. The van der Waals surface area contributed by atoms with Crippen LogP contribution in [0.1, 0.15) is 24.5 Å². The van der Waals surface area contributed by atoms with Gasteiger partial charge < -0.3 is 9.84 Å². The lowest BCUT2D eigenvalue weighted by molar-refractivity contribution is 0.0814. The fourth-order valence-corrected chi connectivity index (χ4v) is 2.54. The third-order valence-electron chi connectivity index (χ3n) is 3.60. The molecule has 0 radical (unpaired) electrons. The van der Waals surface area contributed by atoms with Crippen molar-refractivity contribution in [2.75, 3.05) is 20.3 Å². The molecule has 19 heavy (non-hydrogen) atoms. The summed E-state index contributed by atoms with van der Waals surface area (Å²) in [7, 11) is 2.15. The molecular formula is C16H21NO2. The number of benzene rings is 1. The molecule has 3 nitrogen and oxygen atoms in total. The predicted octanol–water partition coefficient (Wildman–Crippen LogP) is 1.64. The molecule has 2 unspecified atom stereocenters. The zero-order valence-electron chi connectivity index (χ0n) is 11.6. The number of likely N-dealkylation sites (N-methyl/N-ethyl adjacent to an activating group) is 1. The van der Waals surface area contributed by atoms with E-state index in [1.54, 1.807) is 0 Å². The van der Waals surface area contributed by atoms with Gasteiger partial charge in [-0.1, -0.05) is 24.0 Å². The quantitative estimate of drug-likeness (QED) is 0.838. The van der Waals surface area contributed by atoms with Crippen molar-refractivity contribution < 1.29 is 9.84 Å². The Labute approximate surface area is 115 Å². The van der Waals surface area contributed by atoms with Gasteiger partial charge in [-0.15, -0.1) is 0 Å². The Morgan fingerprint density at radius 3 is 2.68 bits per heavy atom. The summed E-state index contributed by atoms with van der Waals surface area (Å²) in [5, 5.41) is 8.66. The molecule has 0 saturated carbocycles. The van der Waals surface area contributed by atoms with E-state index in [2.05, 4.69) is 42.8 Å². The lowest BCUT2D eigenvalue weighted by Crippen LogP contribution is -2.36. The molecule has 3 heteroatoms. The second-order valence-corrected chi connectivity index (χ2v) is 5.00. The van der Waals surface area contributed by atoms with E-state index in [1.807, 2.05) is 12.1 Å². The van der Waals surface area contributed by atoms with Crippen LogP contribution in [0.25, 0.3) is 0 Å². The number of aliphatic hydroxyl groups excluding tert-OH is 1. The zero-order valence-corrected chi connectivity index (χ0v) is 11.6. The average Bonchev–Trinajstić information content (AvgIpc) is 2.84. The first-order valence-electron chi connectivity index (χ1n) is 6.71. The number of ether oxygens (including phenoxy) is 1. The minimum Gasteiger partial charge on any atom is -0.384 e. The van der Waals surface area contributed by atoms with Crippen LogP contribution < -0.4 is 0 Å². The molecule has 1 heterocycles. The Kier molecular flexibility index (Phi) is 4.98. The number of aliphatic hydroxyl groups is 1. The minimum absolute atomic E-state index is 0.0932. The maximum atomic E-state index is 8.66. The summed E-state index contributed by atoms with van der Waals surface area (Å²) in [6, 6.07) is 8.70. The van der Waals surface area contributed by atoms with Crippen molar-refractivity contribution in [3.05, 3.63) is 35.4 Å². The maximum Gasteiger partial charge on any atom is 0.104 e. The summed E-state index contributed by atoms with van der Waals surface area (Å²) in [6.07, 6.45) is 1.43. The molecule has 2 atom stereocenters. The van der Waals surface area contributed by atoms with Crippen molar-refractivity contribution in [3.63, 3.8) is 0 Å². The van der Waals surface area contributed by atoms with E-state index in [0.717, 1.165) is 25.1 Å². The number of nitrogens with zero attached hydrogens (tertiary/aromatic N) is 1. The summed E-state index contributed by atoms with van der Waals surface area (Å²) in [6.45, 7) is 3.84. The maximum absolute atomic E-state index is 8.66. The second-order valence-electron chi connectivity index (χ2n) is 5.00. The molecule has 2 rings (SSSR count). The molecule has 0 aromatic heterocycles. The minimum atomic E-state index is -0.0932. The highest BCUT2D eigenvalue weighted by molar-refractivity contribution is 5.36. The second kappa shape index (κ2) is 6.72. The SMILES string of the molecule is CC1OCCC1N(C)Cc1ccc(C#CCO)cc1.